The van der Waals surface area contributed by atoms with Gasteiger partial charge in [-0.2, -0.15) is 0 Å². The first-order valence-electron chi connectivity index (χ1n) is 6.30. The maximum Gasteiger partial charge on any atom is 0.175 e. The molecule has 0 aromatic heterocycles. The molecule has 4 nitrogen and oxygen atoms in total. The van der Waals surface area contributed by atoms with Crippen molar-refractivity contribution in [3.05, 3.63) is 53.8 Å². The molecule has 2 aromatic carbocycles. The minimum Gasteiger partial charge on any atom is -0.457 e. The van der Waals surface area contributed by atoms with Crippen LogP contribution in [0.1, 0.15) is 5.56 Å². The largest absolute Gasteiger partial charge is 0.457 e. The Morgan fingerprint density at radius 1 is 1.14 bits per heavy atom. The van der Waals surface area contributed by atoms with Crippen molar-refractivity contribution in [2.75, 3.05) is 13.3 Å². The highest BCUT2D eigenvalue weighted by atomic mass is 32.2. The van der Waals surface area contributed by atoms with Crippen LogP contribution in [0.2, 0.25) is 0 Å². The van der Waals surface area contributed by atoms with Gasteiger partial charge in [0.1, 0.15) is 17.3 Å². The number of benzene rings is 2. The number of hydrogen-bond acceptors (Lipinski definition) is 4. The van der Waals surface area contributed by atoms with Crippen molar-refractivity contribution in [2.45, 2.75) is 11.4 Å². The Morgan fingerprint density at radius 2 is 1.90 bits per heavy atom. The van der Waals surface area contributed by atoms with Crippen LogP contribution in [0, 0.1) is 5.82 Å². The summed E-state index contributed by atoms with van der Waals surface area (Å²) in [6.45, 7) is 0.511. The standard InChI is InChI=1S/C15H16FNO3S/c1-17-10-11-6-12(16)8-14(7-11)20-13-4-3-5-15(9-13)21(2,18)19/h3-9,17H,10H2,1-2H3. The van der Waals surface area contributed by atoms with Crippen LogP contribution in [0.25, 0.3) is 0 Å². The molecule has 21 heavy (non-hydrogen) atoms. The van der Waals surface area contributed by atoms with E-state index in [9.17, 15) is 12.8 Å². The van der Waals surface area contributed by atoms with E-state index in [1.165, 1.54) is 24.3 Å². The fourth-order valence-electron chi connectivity index (χ4n) is 1.89. The zero-order valence-electron chi connectivity index (χ0n) is 11.8. The molecule has 2 rings (SSSR count). The van der Waals surface area contributed by atoms with E-state index in [2.05, 4.69) is 5.32 Å². The fourth-order valence-corrected chi connectivity index (χ4v) is 2.55. The lowest BCUT2D eigenvalue weighted by Gasteiger charge is -2.09. The molecule has 0 aliphatic heterocycles. The summed E-state index contributed by atoms with van der Waals surface area (Å²) in [5.41, 5.74) is 0.742. The molecule has 0 amide bonds. The van der Waals surface area contributed by atoms with Crippen LogP contribution in [0.4, 0.5) is 4.39 Å². The van der Waals surface area contributed by atoms with Crippen LogP contribution in [0.3, 0.4) is 0 Å². The lowest BCUT2D eigenvalue weighted by molar-refractivity contribution is 0.473. The lowest BCUT2D eigenvalue weighted by atomic mass is 10.2. The Labute approximate surface area is 123 Å². The summed E-state index contributed by atoms with van der Waals surface area (Å²) in [5.74, 6) is 0.266. The lowest BCUT2D eigenvalue weighted by Crippen LogP contribution is -2.05. The second kappa shape index (κ2) is 6.24. The van der Waals surface area contributed by atoms with Gasteiger partial charge in [-0.25, -0.2) is 12.8 Å². The van der Waals surface area contributed by atoms with Crippen LogP contribution in [0.5, 0.6) is 11.5 Å². The molecule has 0 saturated heterocycles. The Morgan fingerprint density at radius 3 is 2.57 bits per heavy atom. The average Bonchev–Trinajstić information content (AvgIpc) is 2.37. The molecule has 2 aromatic rings. The molecule has 0 spiro atoms. The van der Waals surface area contributed by atoms with Crippen LogP contribution in [-0.2, 0) is 16.4 Å². The van der Waals surface area contributed by atoms with Crippen molar-refractivity contribution in [2.24, 2.45) is 0 Å². The van der Waals surface area contributed by atoms with E-state index >= 15 is 0 Å². The minimum atomic E-state index is -3.31. The molecule has 0 bridgehead atoms. The molecule has 112 valence electrons. The van der Waals surface area contributed by atoms with E-state index in [0.717, 1.165) is 11.8 Å². The van der Waals surface area contributed by atoms with Gasteiger partial charge in [-0.3, -0.25) is 0 Å². The summed E-state index contributed by atoms with van der Waals surface area (Å²) in [6, 6.07) is 10.5. The maximum absolute atomic E-state index is 13.5. The number of hydrogen-bond donors (Lipinski definition) is 1. The summed E-state index contributed by atoms with van der Waals surface area (Å²) < 4.78 is 42.1. The zero-order valence-corrected chi connectivity index (χ0v) is 12.6. The van der Waals surface area contributed by atoms with Crippen LogP contribution < -0.4 is 10.1 Å². The molecule has 0 radical (unpaired) electrons. The highest BCUT2D eigenvalue weighted by Crippen LogP contribution is 2.25. The normalized spacial score (nSPS) is 11.4. The van der Waals surface area contributed by atoms with Gasteiger partial charge in [-0.15, -0.1) is 0 Å². The molecular formula is C15H16FNO3S. The van der Waals surface area contributed by atoms with Crippen LogP contribution in [-0.4, -0.2) is 21.7 Å². The molecule has 0 fully saturated rings. The van der Waals surface area contributed by atoms with Gasteiger partial charge in [-0.1, -0.05) is 6.07 Å². The van der Waals surface area contributed by atoms with E-state index in [1.54, 1.807) is 25.2 Å². The van der Waals surface area contributed by atoms with Gasteiger partial charge in [0.15, 0.2) is 9.84 Å². The molecule has 0 saturated carbocycles. The van der Waals surface area contributed by atoms with E-state index in [1.807, 2.05) is 0 Å². The Balaban J connectivity index is 2.30. The number of halogens is 1. The Hall–Kier alpha value is -1.92. The molecule has 0 aliphatic carbocycles. The highest BCUT2D eigenvalue weighted by molar-refractivity contribution is 7.90. The molecule has 1 N–H and O–H groups in total. The molecule has 0 atom stereocenters. The van der Waals surface area contributed by atoms with Gasteiger partial charge in [0.05, 0.1) is 4.90 Å². The van der Waals surface area contributed by atoms with Gasteiger partial charge < -0.3 is 10.1 Å². The number of ether oxygens (including phenoxy) is 1. The van der Waals surface area contributed by atoms with Gasteiger partial charge in [0.2, 0.25) is 0 Å². The van der Waals surface area contributed by atoms with E-state index < -0.39 is 15.7 Å². The predicted octanol–water partition coefficient (Wildman–Crippen LogP) is 2.74. The molecule has 0 unspecified atom stereocenters. The first-order valence-corrected chi connectivity index (χ1v) is 8.19. The van der Waals surface area contributed by atoms with Crippen molar-refractivity contribution in [3.8, 4) is 11.5 Å². The Bertz CT molecular complexity index is 744. The monoisotopic (exact) mass is 309 g/mol. The zero-order chi connectivity index (χ0) is 15.5. The number of rotatable bonds is 5. The van der Waals surface area contributed by atoms with E-state index in [-0.39, 0.29) is 4.90 Å². The minimum absolute atomic E-state index is 0.159. The smallest absolute Gasteiger partial charge is 0.175 e. The van der Waals surface area contributed by atoms with Crippen molar-refractivity contribution in [1.29, 1.82) is 0 Å². The molecule has 0 heterocycles. The summed E-state index contributed by atoms with van der Waals surface area (Å²) in [6.07, 6.45) is 1.12. The third-order valence-corrected chi connectivity index (χ3v) is 3.89. The van der Waals surface area contributed by atoms with Crippen molar-refractivity contribution in [1.82, 2.24) is 5.32 Å². The number of sulfone groups is 1. The first kappa shape index (κ1) is 15.5. The second-order valence-electron chi connectivity index (χ2n) is 4.67. The van der Waals surface area contributed by atoms with Gasteiger partial charge in [0, 0.05) is 18.9 Å². The van der Waals surface area contributed by atoms with Gasteiger partial charge in [-0.05, 0) is 42.9 Å². The van der Waals surface area contributed by atoms with Crippen LogP contribution in [0.15, 0.2) is 47.4 Å². The summed E-state index contributed by atoms with van der Waals surface area (Å²) in [5, 5.41) is 2.93. The fraction of sp³-hybridized carbons (Fsp3) is 0.200. The topological polar surface area (TPSA) is 55.4 Å². The van der Waals surface area contributed by atoms with E-state index in [4.69, 9.17) is 4.74 Å². The third kappa shape index (κ3) is 4.27. The second-order valence-corrected chi connectivity index (χ2v) is 6.69. The van der Waals surface area contributed by atoms with Crippen molar-refractivity contribution < 1.29 is 17.5 Å². The summed E-state index contributed by atoms with van der Waals surface area (Å²) in [4.78, 5) is 0.159. The molecule has 6 heteroatoms. The molecular weight excluding hydrogens is 293 g/mol. The maximum atomic E-state index is 13.5. The van der Waals surface area contributed by atoms with Crippen LogP contribution >= 0.6 is 0 Å². The third-order valence-electron chi connectivity index (χ3n) is 2.78. The quantitative estimate of drug-likeness (QED) is 0.922. The SMILES string of the molecule is CNCc1cc(F)cc(Oc2cccc(S(C)(=O)=O)c2)c1. The van der Waals surface area contributed by atoms with E-state index in [0.29, 0.717) is 18.0 Å². The van der Waals surface area contributed by atoms with Gasteiger partial charge >= 0.3 is 0 Å². The average molecular weight is 309 g/mol. The number of nitrogens with one attached hydrogen (secondary N) is 1. The van der Waals surface area contributed by atoms with Gasteiger partial charge in [0.25, 0.3) is 0 Å². The highest BCUT2D eigenvalue weighted by Gasteiger charge is 2.09. The molecule has 0 aliphatic rings. The first-order chi connectivity index (χ1) is 9.88. The predicted molar refractivity (Wildman–Crippen MR) is 78.8 cm³/mol. The van der Waals surface area contributed by atoms with Crippen molar-refractivity contribution >= 4 is 9.84 Å². The Kier molecular flexibility index (Phi) is 4.59. The summed E-state index contributed by atoms with van der Waals surface area (Å²) >= 11 is 0. The summed E-state index contributed by atoms with van der Waals surface area (Å²) in [7, 11) is -1.54. The van der Waals surface area contributed by atoms with Crippen molar-refractivity contribution in [3.63, 3.8) is 0 Å².